The quantitative estimate of drug-likeness (QED) is 0.576. The molecule has 0 aliphatic heterocycles. The molecule has 1 heterocycles. The zero-order valence-electron chi connectivity index (χ0n) is 13.9. The van der Waals surface area contributed by atoms with E-state index >= 15 is 0 Å². The van der Waals surface area contributed by atoms with E-state index in [1.165, 1.54) is 11.3 Å². The van der Waals surface area contributed by atoms with E-state index in [1.54, 1.807) is 19.2 Å². The van der Waals surface area contributed by atoms with Crippen LogP contribution in [0.4, 0.5) is 5.13 Å². The number of halogens is 1. The summed E-state index contributed by atoms with van der Waals surface area (Å²) in [5.41, 5.74) is 1.38. The zero-order valence-corrected chi connectivity index (χ0v) is 16.3. The Hall–Kier alpha value is -2.12. The van der Waals surface area contributed by atoms with Crippen molar-refractivity contribution in [2.75, 3.05) is 25.6 Å². The third kappa shape index (κ3) is 4.29. The molecule has 3 aromatic rings. The number of ketones is 1. The number of Topliss-reactive ketones (excluding diaryl/α,β-unsaturated/α-hetero) is 1. The third-order valence-electron chi connectivity index (χ3n) is 3.49. The Morgan fingerprint density at radius 3 is 2.68 bits per heavy atom. The molecule has 0 radical (unpaired) electrons. The molecule has 0 spiro atoms. The fourth-order valence-corrected chi connectivity index (χ4v) is 3.28. The summed E-state index contributed by atoms with van der Waals surface area (Å²) in [6.07, 6.45) is 0. The van der Waals surface area contributed by atoms with Crippen molar-refractivity contribution in [2.45, 2.75) is 6.92 Å². The largest absolute Gasteiger partial charge is 1.00 e. The van der Waals surface area contributed by atoms with Crippen LogP contribution in [0.5, 0.6) is 11.5 Å². The lowest BCUT2D eigenvalue weighted by molar-refractivity contribution is -0.0000134. The van der Waals surface area contributed by atoms with Gasteiger partial charge in [-0.05, 0) is 31.2 Å². The second-order valence-corrected chi connectivity index (χ2v) is 6.06. The van der Waals surface area contributed by atoms with E-state index in [0.717, 1.165) is 16.0 Å². The number of hydrogen-bond donors (Lipinski definition) is 1. The Bertz CT molecular complexity index is 866. The van der Waals surface area contributed by atoms with Gasteiger partial charge in [0.25, 0.3) is 0 Å². The van der Waals surface area contributed by atoms with E-state index in [4.69, 9.17) is 9.47 Å². The van der Waals surface area contributed by atoms with Crippen molar-refractivity contribution in [3.05, 3.63) is 48.0 Å². The molecule has 132 valence electrons. The molecule has 5 nitrogen and oxygen atoms in total. The smallest absolute Gasteiger partial charge is 0.185 e. The first-order valence-corrected chi connectivity index (χ1v) is 8.47. The van der Waals surface area contributed by atoms with Crippen molar-refractivity contribution in [1.82, 2.24) is 4.98 Å². The van der Waals surface area contributed by atoms with Crippen molar-refractivity contribution in [3.8, 4) is 11.5 Å². The number of hydrogen-bond acceptors (Lipinski definition) is 6. The van der Waals surface area contributed by atoms with Gasteiger partial charge in [0.15, 0.2) is 10.9 Å². The average Bonchev–Trinajstić information content (AvgIpc) is 3.04. The van der Waals surface area contributed by atoms with Crippen molar-refractivity contribution < 1.29 is 31.2 Å². The van der Waals surface area contributed by atoms with Crippen LogP contribution in [-0.2, 0) is 0 Å². The van der Waals surface area contributed by atoms with Crippen LogP contribution >= 0.6 is 11.3 Å². The number of thiazole rings is 1. The lowest BCUT2D eigenvalue weighted by atomic mass is 10.1. The minimum absolute atomic E-state index is 0. The van der Waals surface area contributed by atoms with Gasteiger partial charge in [0.2, 0.25) is 0 Å². The summed E-state index contributed by atoms with van der Waals surface area (Å²) in [6, 6.07) is 13.0. The number of ether oxygens (including phenoxy) is 2. The molecule has 1 aromatic heterocycles. The molecule has 0 amide bonds. The van der Waals surface area contributed by atoms with E-state index in [-0.39, 0.29) is 29.3 Å². The highest BCUT2D eigenvalue weighted by Crippen LogP contribution is 2.32. The fourth-order valence-electron chi connectivity index (χ4n) is 2.40. The molecular formula is C18H18BrN2O3S-. The van der Waals surface area contributed by atoms with E-state index in [1.807, 2.05) is 37.3 Å². The summed E-state index contributed by atoms with van der Waals surface area (Å²) in [5.74, 6) is 1.29. The van der Waals surface area contributed by atoms with Gasteiger partial charge in [-0.3, -0.25) is 4.79 Å². The minimum Gasteiger partial charge on any atom is -1.00 e. The second-order valence-electron chi connectivity index (χ2n) is 5.03. The van der Waals surface area contributed by atoms with Gasteiger partial charge >= 0.3 is 0 Å². The highest BCUT2D eigenvalue weighted by molar-refractivity contribution is 7.22. The van der Waals surface area contributed by atoms with E-state index in [2.05, 4.69) is 10.3 Å². The number of para-hydroxylation sites is 2. The molecule has 7 heteroatoms. The molecule has 25 heavy (non-hydrogen) atoms. The Morgan fingerprint density at radius 2 is 1.92 bits per heavy atom. The van der Waals surface area contributed by atoms with Crippen LogP contribution in [0.3, 0.4) is 0 Å². The second kappa shape index (κ2) is 8.82. The summed E-state index contributed by atoms with van der Waals surface area (Å²) >= 11 is 1.50. The van der Waals surface area contributed by atoms with Crippen molar-refractivity contribution in [1.29, 1.82) is 0 Å². The molecule has 0 saturated carbocycles. The van der Waals surface area contributed by atoms with Gasteiger partial charge in [-0.2, -0.15) is 0 Å². The lowest BCUT2D eigenvalue weighted by Crippen LogP contribution is -3.00. The van der Waals surface area contributed by atoms with E-state index in [0.29, 0.717) is 23.1 Å². The van der Waals surface area contributed by atoms with E-state index in [9.17, 15) is 4.79 Å². The summed E-state index contributed by atoms with van der Waals surface area (Å²) in [5, 5.41) is 3.79. The summed E-state index contributed by atoms with van der Waals surface area (Å²) in [4.78, 5) is 16.9. The number of fused-ring (bicyclic) bond motifs is 1. The number of nitrogens with zero attached hydrogens (tertiary/aromatic N) is 1. The number of nitrogens with one attached hydrogen (secondary N) is 1. The molecule has 0 aliphatic rings. The first-order chi connectivity index (χ1) is 11.7. The SMILES string of the molecule is CCOc1cccc2sc(NCC(=O)c3ccccc3OC)nc12.[Br-]. The molecule has 2 aromatic carbocycles. The van der Waals surface area contributed by atoms with Crippen LogP contribution in [0.2, 0.25) is 0 Å². The van der Waals surface area contributed by atoms with Gasteiger partial charge in [0, 0.05) is 0 Å². The molecule has 3 rings (SSSR count). The van der Waals surface area contributed by atoms with Crippen LogP contribution in [0, 0.1) is 0 Å². The fraction of sp³-hybridized carbons (Fsp3) is 0.222. The molecule has 0 aliphatic carbocycles. The summed E-state index contributed by atoms with van der Waals surface area (Å²) < 4.78 is 11.8. The molecule has 0 saturated heterocycles. The van der Waals surface area contributed by atoms with Crippen molar-refractivity contribution in [3.63, 3.8) is 0 Å². The normalized spacial score (nSPS) is 10.2. The lowest BCUT2D eigenvalue weighted by Gasteiger charge is -2.07. The summed E-state index contributed by atoms with van der Waals surface area (Å²) in [7, 11) is 1.56. The van der Waals surface area contributed by atoms with Gasteiger partial charge in [-0.15, -0.1) is 0 Å². The Balaban J connectivity index is 0.00000225. The molecule has 0 bridgehead atoms. The van der Waals surface area contributed by atoms with Crippen LogP contribution in [0.15, 0.2) is 42.5 Å². The van der Waals surface area contributed by atoms with E-state index < -0.39 is 0 Å². The topological polar surface area (TPSA) is 60.5 Å². The minimum atomic E-state index is -0.0447. The Kier molecular flexibility index (Phi) is 6.78. The Labute approximate surface area is 160 Å². The Morgan fingerprint density at radius 1 is 1.16 bits per heavy atom. The monoisotopic (exact) mass is 421 g/mol. The number of benzene rings is 2. The van der Waals surface area contributed by atoms with Gasteiger partial charge in [0.1, 0.15) is 17.0 Å². The highest BCUT2D eigenvalue weighted by atomic mass is 79.9. The number of aromatic nitrogens is 1. The predicted octanol–water partition coefficient (Wildman–Crippen LogP) is 1.00. The number of methoxy groups -OCH3 is 1. The summed E-state index contributed by atoms with van der Waals surface area (Å²) in [6.45, 7) is 2.69. The van der Waals surface area contributed by atoms with Gasteiger partial charge in [-0.1, -0.05) is 29.5 Å². The van der Waals surface area contributed by atoms with Crippen LogP contribution in [0.1, 0.15) is 17.3 Å². The van der Waals surface area contributed by atoms with Crippen LogP contribution in [-0.4, -0.2) is 31.0 Å². The zero-order chi connectivity index (χ0) is 16.9. The van der Waals surface area contributed by atoms with Crippen molar-refractivity contribution in [2.24, 2.45) is 0 Å². The maximum Gasteiger partial charge on any atom is 0.185 e. The third-order valence-corrected chi connectivity index (χ3v) is 4.47. The first kappa shape index (κ1) is 19.2. The number of anilines is 1. The first-order valence-electron chi connectivity index (χ1n) is 7.65. The number of carbonyl (C=O) groups is 1. The molecule has 0 atom stereocenters. The molecular weight excluding hydrogens is 404 g/mol. The van der Waals surface area contributed by atoms with Gasteiger partial charge in [0.05, 0.1) is 30.5 Å². The number of carbonyl (C=O) groups excluding carboxylic acids is 1. The standard InChI is InChI=1S/C18H18N2O3S.BrH/c1-3-23-15-9-6-10-16-17(15)20-18(24-16)19-11-13(21)12-7-4-5-8-14(12)22-2;/h4-10H,3,11H2,1-2H3,(H,19,20);1H/p-1. The molecule has 1 N–H and O–H groups in total. The predicted molar refractivity (Wildman–Crippen MR) is 96.6 cm³/mol. The average molecular weight is 422 g/mol. The van der Waals surface area contributed by atoms with Gasteiger partial charge in [-0.25, -0.2) is 4.98 Å². The highest BCUT2D eigenvalue weighted by Gasteiger charge is 2.13. The van der Waals surface area contributed by atoms with Crippen molar-refractivity contribution >= 4 is 32.5 Å². The van der Waals surface area contributed by atoms with Crippen LogP contribution in [0.25, 0.3) is 10.2 Å². The maximum absolute atomic E-state index is 12.4. The maximum atomic E-state index is 12.4. The molecule has 0 fully saturated rings. The van der Waals surface area contributed by atoms with Crippen LogP contribution < -0.4 is 31.8 Å². The van der Waals surface area contributed by atoms with Gasteiger partial charge < -0.3 is 31.8 Å². The molecule has 0 unspecified atom stereocenters. The number of rotatable bonds is 7.